The number of benzene rings is 1. The fourth-order valence-electron chi connectivity index (χ4n) is 2.17. The van der Waals surface area contributed by atoms with Gasteiger partial charge in [-0.05, 0) is 31.4 Å². The molecule has 1 aromatic heterocycles. The third-order valence-electron chi connectivity index (χ3n) is 3.42. The predicted molar refractivity (Wildman–Crippen MR) is 97.9 cm³/mol. The van der Waals surface area contributed by atoms with Crippen LogP contribution in [0.1, 0.15) is 29.3 Å². The van der Waals surface area contributed by atoms with Crippen molar-refractivity contribution in [1.82, 2.24) is 9.71 Å². The van der Waals surface area contributed by atoms with Crippen molar-refractivity contribution < 1.29 is 27.5 Å². The largest absolute Gasteiger partial charge is 0.515 e. The van der Waals surface area contributed by atoms with Gasteiger partial charge in [0.1, 0.15) is 0 Å². The molecule has 0 radical (unpaired) electrons. The SMILES string of the molecule is CCOC(=O)Oc1ccc(C(=O)NS(=O)(=O)CCCc2ccccc2)cn1. The van der Waals surface area contributed by atoms with Crippen molar-refractivity contribution in [3.05, 3.63) is 59.8 Å². The fourth-order valence-corrected chi connectivity index (χ4v) is 3.20. The fraction of sp³-hybridized carbons (Fsp3) is 0.278. The minimum Gasteiger partial charge on any atom is -0.434 e. The molecule has 2 aromatic rings. The molecule has 8 nitrogen and oxygen atoms in total. The van der Waals surface area contributed by atoms with Gasteiger partial charge in [0.2, 0.25) is 15.9 Å². The van der Waals surface area contributed by atoms with Gasteiger partial charge in [-0.1, -0.05) is 30.3 Å². The number of ether oxygens (including phenoxy) is 2. The van der Waals surface area contributed by atoms with Crippen LogP contribution in [0.5, 0.6) is 5.88 Å². The zero-order valence-electron chi connectivity index (χ0n) is 14.8. The van der Waals surface area contributed by atoms with Gasteiger partial charge in [-0.25, -0.2) is 22.9 Å². The monoisotopic (exact) mass is 392 g/mol. The molecule has 144 valence electrons. The molecule has 0 unspecified atom stereocenters. The lowest BCUT2D eigenvalue weighted by molar-refractivity contribution is 0.0981. The van der Waals surface area contributed by atoms with Gasteiger partial charge >= 0.3 is 6.16 Å². The second kappa shape index (κ2) is 9.67. The molecule has 0 spiro atoms. The number of rotatable bonds is 8. The predicted octanol–water partition coefficient (Wildman–Crippen LogP) is 2.31. The maximum atomic E-state index is 12.1. The summed E-state index contributed by atoms with van der Waals surface area (Å²) in [6.45, 7) is 1.78. The Morgan fingerprint density at radius 2 is 1.85 bits per heavy atom. The lowest BCUT2D eigenvalue weighted by Gasteiger charge is -2.07. The first-order valence-corrected chi connectivity index (χ1v) is 9.94. The van der Waals surface area contributed by atoms with E-state index in [1.807, 2.05) is 35.1 Å². The van der Waals surface area contributed by atoms with Crippen LogP contribution in [0.2, 0.25) is 0 Å². The normalized spacial score (nSPS) is 10.9. The molecule has 9 heteroatoms. The van der Waals surface area contributed by atoms with Crippen LogP contribution in [-0.2, 0) is 21.2 Å². The highest BCUT2D eigenvalue weighted by atomic mass is 32.2. The topological polar surface area (TPSA) is 112 Å². The number of hydrogen-bond donors (Lipinski definition) is 1. The van der Waals surface area contributed by atoms with E-state index in [9.17, 15) is 18.0 Å². The number of sulfonamides is 1. The van der Waals surface area contributed by atoms with Crippen molar-refractivity contribution in [1.29, 1.82) is 0 Å². The van der Waals surface area contributed by atoms with Crippen molar-refractivity contribution in [2.24, 2.45) is 0 Å². The standard InChI is InChI=1S/C18H20N2O6S/c1-2-25-18(22)26-16-11-10-15(13-19-16)17(21)20-27(23,24)12-6-9-14-7-4-3-5-8-14/h3-5,7-8,10-11,13H,2,6,9,12H2,1H3,(H,20,21). The number of nitrogens with zero attached hydrogens (tertiary/aromatic N) is 1. The number of amides is 1. The molecule has 0 fully saturated rings. The summed E-state index contributed by atoms with van der Waals surface area (Å²) in [7, 11) is -3.77. The molecule has 1 amide bonds. The Morgan fingerprint density at radius 3 is 2.48 bits per heavy atom. The first kappa shape index (κ1) is 20.4. The van der Waals surface area contributed by atoms with E-state index in [1.165, 1.54) is 12.1 Å². The lowest BCUT2D eigenvalue weighted by Crippen LogP contribution is -2.32. The van der Waals surface area contributed by atoms with E-state index >= 15 is 0 Å². The van der Waals surface area contributed by atoms with Gasteiger partial charge in [-0.2, -0.15) is 0 Å². The van der Waals surface area contributed by atoms with Crippen molar-refractivity contribution >= 4 is 22.1 Å². The molecule has 1 heterocycles. The minimum absolute atomic E-state index is 0.0258. The molecule has 1 N–H and O–H groups in total. The smallest absolute Gasteiger partial charge is 0.434 e. The Kier molecular flexibility index (Phi) is 7.30. The lowest BCUT2D eigenvalue weighted by atomic mass is 10.1. The summed E-state index contributed by atoms with van der Waals surface area (Å²) < 4.78 is 35.5. The van der Waals surface area contributed by atoms with Crippen LogP contribution in [0.15, 0.2) is 48.7 Å². The molecule has 0 aliphatic carbocycles. The molecule has 1 aromatic carbocycles. The van der Waals surface area contributed by atoms with Crippen LogP contribution in [-0.4, -0.2) is 37.8 Å². The third kappa shape index (κ3) is 7.06. The molecule has 0 saturated carbocycles. The molecule has 0 saturated heterocycles. The number of carbonyl (C=O) groups is 2. The summed E-state index contributed by atoms with van der Waals surface area (Å²) in [6, 6.07) is 12.1. The summed E-state index contributed by atoms with van der Waals surface area (Å²) in [5.41, 5.74) is 1.05. The van der Waals surface area contributed by atoms with Crippen molar-refractivity contribution in [2.45, 2.75) is 19.8 Å². The zero-order valence-corrected chi connectivity index (χ0v) is 15.6. The highest BCUT2D eigenvalue weighted by Crippen LogP contribution is 2.09. The Labute approximate surface area is 157 Å². The number of nitrogens with one attached hydrogen (secondary N) is 1. The van der Waals surface area contributed by atoms with Gasteiger partial charge in [0.05, 0.1) is 17.9 Å². The minimum atomic E-state index is -3.77. The first-order valence-electron chi connectivity index (χ1n) is 8.29. The maximum Gasteiger partial charge on any atom is 0.515 e. The zero-order chi connectivity index (χ0) is 19.7. The molecule has 0 aliphatic rings. The number of hydrogen-bond acceptors (Lipinski definition) is 7. The van der Waals surface area contributed by atoms with E-state index in [4.69, 9.17) is 4.74 Å². The molecular formula is C18H20N2O6S. The van der Waals surface area contributed by atoms with Crippen LogP contribution in [0.3, 0.4) is 0 Å². The quantitative estimate of drug-likeness (QED) is 0.686. The van der Waals surface area contributed by atoms with Gasteiger partial charge in [0, 0.05) is 12.3 Å². The molecule has 0 atom stereocenters. The second-order valence-corrected chi connectivity index (χ2v) is 7.35. The van der Waals surface area contributed by atoms with Crippen LogP contribution in [0.4, 0.5) is 4.79 Å². The van der Waals surface area contributed by atoms with Gasteiger partial charge < -0.3 is 9.47 Å². The number of aryl methyl sites for hydroxylation is 1. The van der Waals surface area contributed by atoms with Gasteiger partial charge in [0.25, 0.3) is 5.91 Å². The number of carbonyl (C=O) groups excluding carboxylic acids is 2. The summed E-state index contributed by atoms with van der Waals surface area (Å²) in [5, 5.41) is 0. The van der Waals surface area contributed by atoms with Crippen molar-refractivity contribution in [2.75, 3.05) is 12.4 Å². The van der Waals surface area contributed by atoms with E-state index < -0.39 is 22.1 Å². The number of pyridine rings is 1. The maximum absolute atomic E-state index is 12.1. The van der Waals surface area contributed by atoms with E-state index in [1.54, 1.807) is 6.92 Å². The molecule has 0 bridgehead atoms. The Morgan fingerprint density at radius 1 is 1.11 bits per heavy atom. The summed E-state index contributed by atoms with van der Waals surface area (Å²) in [5.74, 6) is -1.04. The van der Waals surface area contributed by atoms with Crippen LogP contribution in [0, 0.1) is 0 Å². The van der Waals surface area contributed by atoms with Crippen molar-refractivity contribution in [3.8, 4) is 5.88 Å². The first-order chi connectivity index (χ1) is 12.9. The van der Waals surface area contributed by atoms with E-state index in [2.05, 4.69) is 9.72 Å². The highest BCUT2D eigenvalue weighted by molar-refractivity contribution is 7.90. The third-order valence-corrected chi connectivity index (χ3v) is 4.74. The Hall–Kier alpha value is -2.94. The Balaban J connectivity index is 1.86. The van der Waals surface area contributed by atoms with Crippen molar-refractivity contribution in [3.63, 3.8) is 0 Å². The van der Waals surface area contributed by atoms with E-state index in [0.717, 1.165) is 11.8 Å². The van der Waals surface area contributed by atoms with Gasteiger partial charge in [-0.3, -0.25) is 4.79 Å². The average molecular weight is 392 g/mol. The summed E-state index contributed by atoms with van der Waals surface area (Å²) >= 11 is 0. The number of aromatic nitrogens is 1. The van der Waals surface area contributed by atoms with Crippen LogP contribution >= 0.6 is 0 Å². The van der Waals surface area contributed by atoms with Crippen LogP contribution < -0.4 is 9.46 Å². The average Bonchev–Trinajstić information content (AvgIpc) is 2.63. The van der Waals surface area contributed by atoms with Crippen LogP contribution in [0.25, 0.3) is 0 Å². The van der Waals surface area contributed by atoms with Gasteiger partial charge in [0.15, 0.2) is 0 Å². The molecule has 0 aliphatic heterocycles. The molecule has 27 heavy (non-hydrogen) atoms. The highest BCUT2D eigenvalue weighted by Gasteiger charge is 2.17. The van der Waals surface area contributed by atoms with Gasteiger partial charge in [-0.15, -0.1) is 0 Å². The summed E-state index contributed by atoms with van der Waals surface area (Å²) in [4.78, 5) is 27.0. The second-order valence-electron chi connectivity index (χ2n) is 5.51. The molecular weight excluding hydrogens is 372 g/mol. The van der Waals surface area contributed by atoms with E-state index in [-0.39, 0.29) is 23.8 Å². The van der Waals surface area contributed by atoms with E-state index in [0.29, 0.717) is 12.8 Å². The Bertz CT molecular complexity index is 866. The summed E-state index contributed by atoms with van der Waals surface area (Å²) in [6.07, 6.45) is 1.18. The molecule has 2 rings (SSSR count).